The highest BCUT2D eigenvalue weighted by atomic mass is 16.5. The minimum absolute atomic E-state index is 0.00249. The SMILES string of the molecule is C=C=CO[C@H](c1ccccc1)[C@H](C)NCCCC. The predicted molar refractivity (Wildman–Crippen MR) is 76.4 cm³/mol. The monoisotopic (exact) mass is 245 g/mol. The lowest BCUT2D eigenvalue weighted by Gasteiger charge is -2.24. The molecule has 2 nitrogen and oxygen atoms in total. The molecule has 0 radical (unpaired) electrons. The number of hydrogen-bond donors (Lipinski definition) is 1. The molecule has 98 valence electrons. The van der Waals surface area contributed by atoms with E-state index in [1.165, 1.54) is 24.7 Å². The fourth-order valence-electron chi connectivity index (χ4n) is 1.86. The Balaban J connectivity index is 2.68. The van der Waals surface area contributed by atoms with Crippen LogP contribution in [0.3, 0.4) is 0 Å². The third-order valence-corrected chi connectivity index (χ3v) is 2.88. The smallest absolute Gasteiger partial charge is 0.139 e. The Morgan fingerprint density at radius 3 is 2.72 bits per heavy atom. The number of ether oxygens (including phenoxy) is 1. The summed E-state index contributed by atoms with van der Waals surface area (Å²) < 4.78 is 5.71. The summed E-state index contributed by atoms with van der Waals surface area (Å²) in [7, 11) is 0. The molecular weight excluding hydrogens is 222 g/mol. The van der Waals surface area contributed by atoms with Gasteiger partial charge in [0.2, 0.25) is 0 Å². The van der Waals surface area contributed by atoms with Gasteiger partial charge in [-0.2, -0.15) is 0 Å². The van der Waals surface area contributed by atoms with Crippen molar-refractivity contribution < 1.29 is 4.74 Å². The molecule has 0 aliphatic carbocycles. The molecule has 2 heteroatoms. The molecule has 18 heavy (non-hydrogen) atoms. The molecule has 0 saturated heterocycles. The normalized spacial score (nSPS) is 13.4. The maximum atomic E-state index is 5.71. The van der Waals surface area contributed by atoms with Gasteiger partial charge in [-0.25, -0.2) is 0 Å². The average Bonchev–Trinajstić information content (AvgIpc) is 2.41. The number of benzene rings is 1. The highest BCUT2D eigenvalue weighted by Gasteiger charge is 2.18. The zero-order valence-corrected chi connectivity index (χ0v) is 11.4. The van der Waals surface area contributed by atoms with Crippen LogP contribution >= 0.6 is 0 Å². The topological polar surface area (TPSA) is 21.3 Å². The standard InChI is InChI=1S/C16H23NO/c1-4-6-12-17-14(3)16(18-13-5-2)15-10-8-7-9-11-15/h7-11,13-14,16-17H,2,4,6,12H2,1,3H3/t14-,16-/m0/s1. The Morgan fingerprint density at radius 1 is 1.39 bits per heavy atom. The van der Waals surface area contributed by atoms with Gasteiger partial charge in [-0.15, -0.1) is 0 Å². The van der Waals surface area contributed by atoms with Gasteiger partial charge in [0.1, 0.15) is 12.4 Å². The van der Waals surface area contributed by atoms with Crippen molar-refractivity contribution in [3.8, 4) is 0 Å². The number of unbranched alkanes of at least 4 members (excludes halogenated alkanes) is 1. The van der Waals surface area contributed by atoms with Crippen molar-refractivity contribution in [1.82, 2.24) is 5.32 Å². The summed E-state index contributed by atoms with van der Waals surface area (Å²) >= 11 is 0. The largest absolute Gasteiger partial charge is 0.484 e. The first-order valence-corrected chi connectivity index (χ1v) is 6.57. The molecule has 2 atom stereocenters. The number of rotatable bonds is 8. The molecule has 1 rings (SSSR count). The first-order chi connectivity index (χ1) is 8.79. The van der Waals surface area contributed by atoms with E-state index in [2.05, 4.69) is 43.6 Å². The molecule has 0 unspecified atom stereocenters. The minimum atomic E-state index is -0.00249. The van der Waals surface area contributed by atoms with E-state index in [9.17, 15) is 0 Å². The lowest BCUT2D eigenvalue weighted by atomic mass is 10.0. The highest BCUT2D eigenvalue weighted by Crippen LogP contribution is 2.21. The average molecular weight is 245 g/mol. The van der Waals surface area contributed by atoms with E-state index in [1.54, 1.807) is 0 Å². The molecule has 0 bridgehead atoms. The molecule has 0 aliphatic heterocycles. The quantitative estimate of drug-likeness (QED) is 0.427. The third kappa shape index (κ3) is 4.79. The summed E-state index contributed by atoms with van der Waals surface area (Å²) in [5.41, 5.74) is 3.83. The van der Waals surface area contributed by atoms with Crippen LogP contribution in [0.4, 0.5) is 0 Å². The lowest BCUT2D eigenvalue weighted by Crippen LogP contribution is -2.33. The molecule has 1 aromatic rings. The second kappa shape index (κ2) is 8.57. The fourth-order valence-corrected chi connectivity index (χ4v) is 1.86. The summed E-state index contributed by atoms with van der Waals surface area (Å²) in [4.78, 5) is 0. The Morgan fingerprint density at radius 2 is 2.11 bits per heavy atom. The molecule has 0 aliphatic rings. The summed E-state index contributed by atoms with van der Waals surface area (Å²) in [6, 6.07) is 10.5. The van der Waals surface area contributed by atoms with Crippen LogP contribution < -0.4 is 5.32 Å². The molecular formula is C16H23NO. The molecule has 0 saturated carbocycles. The van der Waals surface area contributed by atoms with Crippen molar-refractivity contribution in [3.63, 3.8) is 0 Å². The summed E-state index contributed by atoms with van der Waals surface area (Å²) in [6.45, 7) is 8.89. The Kier molecular flexibility index (Phi) is 6.93. The zero-order chi connectivity index (χ0) is 13.2. The molecule has 0 amide bonds. The van der Waals surface area contributed by atoms with E-state index in [1.807, 2.05) is 18.2 Å². The van der Waals surface area contributed by atoms with E-state index < -0.39 is 0 Å². The van der Waals surface area contributed by atoms with Crippen LogP contribution in [0.5, 0.6) is 0 Å². The van der Waals surface area contributed by atoms with Crippen LogP contribution in [0, 0.1) is 0 Å². The molecule has 0 aromatic heterocycles. The summed E-state index contributed by atoms with van der Waals surface area (Å²) in [5, 5.41) is 3.50. The van der Waals surface area contributed by atoms with Gasteiger partial charge in [0.15, 0.2) is 0 Å². The van der Waals surface area contributed by atoms with Crippen LogP contribution in [0.1, 0.15) is 38.4 Å². The second-order valence-electron chi connectivity index (χ2n) is 4.39. The Labute approximate surface area is 110 Å². The molecule has 1 aromatic carbocycles. The van der Waals surface area contributed by atoms with Crippen molar-refractivity contribution >= 4 is 0 Å². The van der Waals surface area contributed by atoms with E-state index in [-0.39, 0.29) is 12.1 Å². The third-order valence-electron chi connectivity index (χ3n) is 2.88. The first kappa shape index (κ1) is 14.6. The maximum absolute atomic E-state index is 5.71. The van der Waals surface area contributed by atoms with Gasteiger partial charge in [0, 0.05) is 6.04 Å². The van der Waals surface area contributed by atoms with Gasteiger partial charge in [-0.05, 0) is 25.5 Å². The van der Waals surface area contributed by atoms with Crippen molar-refractivity contribution in [2.75, 3.05) is 6.54 Å². The number of nitrogens with one attached hydrogen (secondary N) is 1. The molecule has 0 heterocycles. The van der Waals surface area contributed by atoms with E-state index in [4.69, 9.17) is 4.74 Å². The molecule has 1 N–H and O–H groups in total. The van der Waals surface area contributed by atoms with Crippen LogP contribution in [0.25, 0.3) is 0 Å². The van der Waals surface area contributed by atoms with Crippen molar-refractivity contribution in [2.45, 2.75) is 38.8 Å². The van der Waals surface area contributed by atoms with Crippen LogP contribution in [-0.2, 0) is 4.74 Å². The zero-order valence-electron chi connectivity index (χ0n) is 11.4. The highest BCUT2D eigenvalue weighted by molar-refractivity contribution is 5.19. The van der Waals surface area contributed by atoms with Crippen molar-refractivity contribution in [3.05, 3.63) is 54.5 Å². The molecule has 0 fully saturated rings. The first-order valence-electron chi connectivity index (χ1n) is 6.57. The predicted octanol–water partition coefficient (Wildman–Crippen LogP) is 3.82. The maximum Gasteiger partial charge on any atom is 0.139 e. The van der Waals surface area contributed by atoms with E-state index in [0.717, 1.165) is 6.54 Å². The van der Waals surface area contributed by atoms with Gasteiger partial charge in [0.05, 0.1) is 0 Å². The lowest BCUT2D eigenvalue weighted by molar-refractivity contribution is 0.111. The minimum Gasteiger partial charge on any atom is -0.484 e. The van der Waals surface area contributed by atoms with Crippen LogP contribution in [-0.4, -0.2) is 12.6 Å². The second-order valence-corrected chi connectivity index (χ2v) is 4.39. The number of hydrogen-bond acceptors (Lipinski definition) is 2. The van der Waals surface area contributed by atoms with Gasteiger partial charge in [-0.1, -0.05) is 56.0 Å². The Bertz CT molecular complexity index is 368. The molecule has 0 spiro atoms. The summed E-state index contributed by atoms with van der Waals surface area (Å²) in [5.74, 6) is 0. The van der Waals surface area contributed by atoms with Gasteiger partial charge >= 0.3 is 0 Å². The van der Waals surface area contributed by atoms with Crippen LogP contribution in [0.2, 0.25) is 0 Å². The van der Waals surface area contributed by atoms with Crippen molar-refractivity contribution in [1.29, 1.82) is 0 Å². The van der Waals surface area contributed by atoms with Crippen LogP contribution in [0.15, 0.2) is 48.9 Å². The van der Waals surface area contributed by atoms with Crippen molar-refractivity contribution in [2.24, 2.45) is 0 Å². The van der Waals surface area contributed by atoms with Gasteiger partial charge in [0.25, 0.3) is 0 Å². The fraction of sp³-hybridized carbons (Fsp3) is 0.438. The van der Waals surface area contributed by atoms with E-state index >= 15 is 0 Å². The van der Waals surface area contributed by atoms with Gasteiger partial charge < -0.3 is 10.1 Å². The van der Waals surface area contributed by atoms with Gasteiger partial charge in [-0.3, -0.25) is 0 Å². The summed E-state index contributed by atoms with van der Waals surface area (Å²) in [6.07, 6.45) is 3.92. The Hall–Kier alpha value is -1.50. The van der Waals surface area contributed by atoms with E-state index in [0.29, 0.717) is 0 Å².